The van der Waals surface area contributed by atoms with Gasteiger partial charge in [0.25, 0.3) is 0 Å². The minimum absolute atomic E-state index is 0.108. The summed E-state index contributed by atoms with van der Waals surface area (Å²) in [5, 5.41) is 18.0. The Kier molecular flexibility index (Phi) is 7.24. The number of carbonyl (C=O) groups is 2. The van der Waals surface area contributed by atoms with E-state index >= 15 is 0 Å². The summed E-state index contributed by atoms with van der Waals surface area (Å²) in [4.78, 5) is 22.1. The Hall–Kier alpha value is -2.09. The van der Waals surface area contributed by atoms with Gasteiger partial charge in [0.05, 0.1) is 25.0 Å². The number of methoxy groups -OCH3 is 1. The molecule has 0 aromatic carbocycles. The lowest BCUT2D eigenvalue weighted by atomic mass is 10.1. The minimum Gasteiger partial charge on any atom is -0.481 e. The molecule has 0 aliphatic rings. The number of hydrogen-bond donors (Lipinski definition) is 3. The van der Waals surface area contributed by atoms with Gasteiger partial charge < -0.3 is 20.5 Å². The summed E-state index contributed by atoms with van der Waals surface area (Å²) in [6, 6.07) is -0.330. The van der Waals surface area contributed by atoms with E-state index < -0.39 is 5.97 Å². The molecule has 8 heteroatoms. The summed E-state index contributed by atoms with van der Waals surface area (Å²) in [5.41, 5.74) is 0.599. The number of ether oxygens (including phenoxy) is 1. The van der Waals surface area contributed by atoms with Crippen molar-refractivity contribution in [3.05, 3.63) is 12.4 Å². The highest BCUT2D eigenvalue weighted by Gasteiger charge is 2.08. The highest BCUT2D eigenvalue weighted by atomic mass is 16.5. The van der Waals surface area contributed by atoms with Gasteiger partial charge in [0.2, 0.25) is 0 Å². The van der Waals surface area contributed by atoms with Crippen LogP contribution in [0.5, 0.6) is 0 Å². The Labute approximate surface area is 123 Å². The fraction of sp³-hybridized carbons (Fsp3) is 0.615. The van der Waals surface area contributed by atoms with E-state index in [-0.39, 0.29) is 18.4 Å². The first-order chi connectivity index (χ1) is 10.0. The van der Waals surface area contributed by atoms with Crippen molar-refractivity contribution < 1.29 is 19.4 Å². The van der Waals surface area contributed by atoms with E-state index in [9.17, 15) is 9.59 Å². The zero-order chi connectivity index (χ0) is 15.7. The van der Waals surface area contributed by atoms with Gasteiger partial charge in [-0.3, -0.25) is 9.48 Å². The van der Waals surface area contributed by atoms with E-state index in [1.807, 2.05) is 6.92 Å². The lowest BCUT2D eigenvalue weighted by Crippen LogP contribution is -2.32. The summed E-state index contributed by atoms with van der Waals surface area (Å²) in [6.45, 7) is 3.49. The topological polar surface area (TPSA) is 105 Å². The first kappa shape index (κ1) is 17.0. The van der Waals surface area contributed by atoms with Crippen molar-refractivity contribution in [2.45, 2.75) is 26.3 Å². The van der Waals surface area contributed by atoms with Crippen LogP contribution in [0.25, 0.3) is 0 Å². The third kappa shape index (κ3) is 7.31. The number of urea groups is 1. The molecule has 3 N–H and O–H groups in total. The van der Waals surface area contributed by atoms with Crippen LogP contribution >= 0.6 is 0 Å². The standard InChI is InChI=1S/C13H22N4O4/c1-10(3-4-12(18)19)7-14-13(20)16-11-8-15-17(9-11)5-6-21-2/h8-10H,3-7H2,1-2H3,(H,18,19)(H2,14,16,20). The normalized spacial score (nSPS) is 11.9. The van der Waals surface area contributed by atoms with Crippen LogP contribution in [0, 0.1) is 5.92 Å². The molecule has 0 fully saturated rings. The number of carbonyl (C=O) groups excluding carboxylic acids is 1. The number of anilines is 1. The molecule has 8 nitrogen and oxygen atoms in total. The van der Waals surface area contributed by atoms with E-state index in [4.69, 9.17) is 9.84 Å². The summed E-state index contributed by atoms with van der Waals surface area (Å²) in [6.07, 6.45) is 3.91. The first-order valence-electron chi connectivity index (χ1n) is 6.79. The second kappa shape index (κ2) is 8.96. The molecule has 0 saturated carbocycles. The molecule has 1 atom stereocenters. The summed E-state index contributed by atoms with van der Waals surface area (Å²) in [7, 11) is 1.61. The molecule has 1 aromatic heterocycles. The Morgan fingerprint density at radius 1 is 1.52 bits per heavy atom. The predicted octanol–water partition coefficient (Wildman–Crippen LogP) is 1.15. The van der Waals surface area contributed by atoms with Gasteiger partial charge >= 0.3 is 12.0 Å². The van der Waals surface area contributed by atoms with Crippen LogP contribution < -0.4 is 10.6 Å². The second-order valence-electron chi connectivity index (χ2n) is 4.86. The molecule has 118 valence electrons. The van der Waals surface area contributed by atoms with Crippen molar-refractivity contribution in [1.29, 1.82) is 0 Å². The number of aromatic nitrogens is 2. The number of hydrogen-bond acceptors (Lipinski definition) is 4. The molecule has 0 radical (unpaired) electrons. The lowest BCUT2D eigenvalue weighted by Gasteiger charge is -2.11. The van der Waals surface area contributed by atoms with Gasteiger partial charge in [0, 0.05) is 26.3 Å². The molecule has 1 aromatic rings. The van der Waals surface area contributed by atoms with Gasteiger partial charge in [-0.2, -0.15) is 5.10 Å². The van der Waals surface area contributed by atoms with Crippen molar-refractivity contribution >= 4 is 17.7 Å². The fourth-order valence-corrected chi connectivity index (χ4v) is 1.65. The van der Waals surface area contributed by atoms with Crippen molar-refractivity contribution in [3.63, 3.8) is 0 Å². The van der Waals surface area contributed by atoms with Gasteiger partial charge in [0.15, 0.2) is 0 Å². The third-order valence-corrected chi connectivity index (χ3v) is 2.88. The molecule has 1 rings (SSSR count). The maximum atomic E-state index is 11.7. The van der Waals surface area contributed by atoms with E-state index in [2.05, 4.69) is 15.7 Å². The molecule has 0 aliphatic heterocycles. The van der Waals surface area contributed by atoms with E-state index in [0.717, 1.165) is 0 Å². The molecule has 2 amide bonds. The van der Waals surface area contributed by atoms with Crippen LogP contribution in [-0.2, 0) is 16.1 Å². The molecule has 21 heavy (non-hydrogen) atoms. The maximum Gasteiger partial charge on any atom is 0.319 e. The molecule has 0 saturated heterocycles. The molecule has 1 unspecified atom stereocenters. The molecule has 1 heterocycles. The zero-order valence-corrected chi connectivity index (χ0v) is 12.3. The monoisotopic (exact) mass is 298 g/mol. The van der Waals surface area contributed by atoms with E-state index in [1.165, 1.54) is 0 Å². The van der Waals surface area contributed by atoms with Crippen molar-refractivity contribution in [3.8, 4) is 0 Å². The molecule has 0 spiro atoms. The highest BCUT2D eigenvalue weighted by Crippen LogP contribution is 2.06. The van der Waals surface area contributed by atoms with Gasteiger partial charge in [-0.25, -0.2) is 4.79 Å². The number of rotatable bonds is 9. The highest BCUT2D eigenvalue weighted by molar-refractivity contribution is 5.88. The number of nitrogens with one attached hydrogen (secondary N) is 2. The number of amides is 2. The average Bonchev–Trinajstić information content (AvgIpc) is 2.88. The van der Waals surface area contributed by atoms with Gasteiger partial charge in [-0.15, -0.1) is 0 Å². The Morgan fingerprint density at radius 3 is 2.95 bits per heavy atom. The van der Waals surface area contributed by atoms with Crippen LogP contribution in [-0.4, -0.2) is 47.1 Å². The Balaban J connectivity index is 2.26. The largest absolute Gasteiger partial charge is 0.481 e. The smallest absolute Gasteiger partial charge is 0.319 e. The Bertz CT molecular complexity index is 461. The van der Waals surface area contributed by atoms with Gasteiger partial charge in [-0.1, -0.05) is 6.92 Å². The number of carboxylic acids is 1. The SMILES string of the molecule is COCCn1cc(NC(=O)NCC(C)CCC(=O)O)cn1. The minimum atomic E-state index is -0.824. The summed E-state index contributed by atoms with van der Waals surface area (Å²) in [5.74, 6) is -0.717. The fourth-order valence-electron chi connectivity index (χ4n) is 1.65. The number of carboxylic acid groups (broad SMARTS) is 1. The van der Waals surface area contributed by atoms with E-state index in [1.54, 1.807) is 24.2 Å². The summed E-state index contributed by atoms with van der Waals surface area (Å²) >= 11 is 0. The predicted molar refractivity (Wildman–Crippen MR) is 77.2 cm³/mol. The zero-order valence-electron chi connectivity index (χ0n) is 12.3. The molecule has 0 bridgehead atoms. The first-order valence-corrected chi connectivity index (χ1v) is 6.79. The quantitative estimate of drug-likeness (QED) is 0.634. The van der Waals surface area contributed by atoms with Crippen LogP contribution in [0.4, 0.5) is 10.5 Å². The Morgan fingerprint density at radius 2 is 2.29 bits per heavy atom. The van der Waals surface area contributed by atoms with Crippen LogP contribution in [0.1, 0.15) is 19.8 Å². The van der Waals surface area contributed by atoms with Gasteiger partial charge in [-0.05, 0) is 12.3 Å². The van der Waals surface area contributed by atoms with E-state index in [0.29, 0.717) is 31.8 Å². The third-order valence-electron chi connectivity index (χ3n) is 2.88. The maximum absolute atomic E-state index is 11.7. The molecular formula is C13H22N4O4. The summed E-state index contributed by atoms with van der Waals surface area (Å²) < 4.78 is 6.61. The second-order valence-corrected chi connectivity index (χ2v) is 4.86. The lowest BCUT2D eigenvalue weighted by molar-refractivity contribution is -0.137. The van der Waals surface area contributed by atoms with Crippen LogP contribution in [0.15, 0.2) is 12.4 Å². The average molecular weight is 298 g/mol. The van der Waals surface area contributed by atoms with Crippen LogP contribution in [0.2, 0.25) is 0 Å². The molecular weight excluding hydrogens is 276 g/mol. The van der Waals surface area contributed by atoms with Gasteiger partial charge in [0.1, 0.15) is 0 Å². The molecule has 0 aliphatic carbocycles. The van der Waals surface area contributed by atoms with Crippen molar-refractivity contribution in [2.75, 3.05) is 25.6 Å². The van der Waals surface area contributed by atoms with Crippen molar-refractivity contribution in [2.24, 2.45) is 5.92 Å². The van der Waals surface area contributed by atoms with Crippen molar-refractivity contribution in [1.82, 2.24) is 15.1 Å². The number of nitrogens with zero attached hydrogens (tertiary/aromatic N) is 2. The number of aliphatic carboxylic acids is 1. The van der Waals surface area contributed by atoms with Crippen LogP contribution in [0.3, 0.4) is 0 Å².